The quantitative estimate of drug-likeness (QED) is 0.414. The van der Waals surface area contributed by atoms with Crippen LogP contribution in [0.4, 0.5) is 17.1 Å². The van der Waals surface area contributed by atoms with Crippen molar-refractivity contribution in [3.63, 3.8) is 0 Å². The second kappa shape index (κ2) is 8.74. The normalized spacial score (nSPS) is 12.1. The van der Waals surface area contributed by atoms with E-state index in [1.54, 1.807) is 19.1 Å². The van der Waals surface area contributed by atoms with Crippen LogP contribution in [0.2, 0.25) is 0 Å². The van der Waals surface area contributed by atoms with E-state index in [1.165, 1.54) is 6.08 Å². The number of nitrogens with two attached hydrogens (primary N) is 1. The van der Waals surface area contributed by atoms with E-state index in [9.17, 15) is 9.90 Å². The Labute approximate surface area is 141 Å². The number of aliphatic hydroxyl groups is 1. The summed E-state index contributed by atoms with van der Waals surface area (Å²) in [6, 6.07) is 15.3. The van der Waals surface area contributed by atoms with Gasteiger partial charge in [-0.25, -0.2) is 4.79 Å². The molecule has 0 amide bonds. The van der Waals surface area contributed by atoms with Gasteiger partial charge in [-0.3, -0.25) is 0 Å². The fourth-order valence-corrected chi connectivity index (χ4v) is 2.22. The molecule has 0 heterocycles. The minimum Gasteiger partial charge on any atom is -0.460 e. The zero-order chi connectivity index (χ0) is 17.4. The van der Waals surface area contributed by atoms with Crippen LogP contribution in [0.1, 0.15) is 12.5 Å². The Morgan fingerprint density at radius 3 is 2.71 bits per heavy atom. The number of allylic oxidation sites excluding steroid dienone is 1. The monoisotopic (exact) mass is 326 g/mol. The molecule has 0 bridgehead atoms. The molecule has 0 aliphatic carbocycles. The predicted octanol–water partition coefficient (Wildman–Crippen LogP) is 3.04. The number of nitrogen functional groups attached to an aromatic ring is 1. The Morgan fingerprint density at radius 2 is 2.00 bits per heavy atom. The van der Waals surface area contributed by atoms with E-state index in [1.807, 2.05) is 42.5 Å². The second-order valence-corrected chi connectivity index (χ2v) is 5.39. The third kappa shape index (κ3) is 5.44. The molecule has 1 atom stereocenters. The Bertz CT molecular complexity index is 699. The van der Waals surface area contributed by atoms with Crippen molar-refractivity contribution in [2.75, 3.05) is 17.7 Å². The largest absolute Gasteiger partial charge is 0.460 e. The number of aliphatic hydroxyl groups excluding tert-OH is 1. The minimum absolute atomic E-state index is 0.0705. The summed E-state index contributed by atoms with van der Waals surface area (Å²) in [5, 5.41) is 13.3. The lowest BCUT2D eigenvalue weighted by molar-refractivity contribution is -0.140. The summed E-state index contributed by atoms with van der Waals surface area (Å²) in [5.74, 6) is -0.469. The number of rotatable bonds is 7. The van der Waals surface area contributed by atoms with Crippen LogP contribution in [0.15, 0.2) is 60.7 Å². The van der Waals surface area contributed by atoms with Crippen molar-refractivity contribution in [3.8, 4) is 0 Å². The van der Waals surface area contributed by atoms with Crippen molar-refractivity contribution >= 4 is 23.0 Å². The highest BCUT2D eigenvalue weighted by molar-refractivity contribution is 5.81. The molecule has 0 saturated carbocycles. The van der Waals surface area contributed by atoms with E-state index in [-0.39, 0.29) is 6.61 Å². The predicted molar refractivity (Wildman–Crippen MR) is 96.1 cm³/mol. The highest BCUT2D eigenvalue weighted by atomic mass is 16.5. The van der Waals surface area contributed by atoms with Crippen LogP contribution >= 0.6 is 0 Å². The summed E-state index contributed by atoms with van der Waals surface area (Å²) in [6.45, 7) is 1.66. The third-order valence-corrected chi connectivity index (χ3v) is 3.38. The van der Waals surface area contributed by atoms with Gasteiger partial charge in [0.1, 0.15) is 6.61 Å². The fraction of sp³-hybridized carbons (Fsp3) is 0.211. The van der Waals surface area contributed by atoms with E-state index in [2.05, 4.69) is 5.32 Å². The molecular formula is C19H22N2O3. The van der Waals surface area contributed by atoms with Crippen LogP contribution in [0.25, 0.3) is 0 Å². The summed E-state index contributed by atoms with van der Waals surface area (Å²) in [5.41, 5.74) is 9.21. The van der Waals surface area contributed by atoms with Gasteiger partial charge < -0.3 is 20.9 Å². The van der Waals surface area contributed by atoms with Crippen LogP contribution in [0, 0.1) is 0 Å². The van der Waals surface area contributed by atoms with E-state index in [4.69, 9.17) is 10.5 Å². The standard InChI is InChI=1S/C19H22N2O3/c1-2-6-19(23)24-13-17(22)12-14-11-16(9-10-18(14)20)21-15-7-4-3-5-8-15/h2-11,17,21-22H,12-13,20H2,1H3. The smallest absolute Gasteiger partial charge is 0.330 e. The lowest BCUT2D eigenvalue weighted by atomic mass is 10.1. The Balaban J connectivity index is 1.99. The molecule has 5 nitrogen and oxygen atoms in total. The lowest BCUT2D eigenvalue weighted by Crippen LogP contribution is -2.20. The van der Waals surface area contributed by atoms with Crippen molar-refractivity contribution < 1.29 is 14.6 Å². The number of carbonyl (C=O) groups excluding carboxylic acids is 1. The number of hydrogen-bond donors (Lipinski definition) is 3. The zero-order valence-electron chi connectivity index (χ0n) is 13.6. The lowest BCUT2D eigenvalue weighted by Gasteiger charge is -2.14. The summed E-state index contributed by atoms with van der Waals surface area (Å²) in [7, 11) is 0. The van der Waals surface area contributed by atoms with Gasteiger partial charge in [0.25, 0.3) is 0 Å². The molecule has 4 N–H and O–H groups in total. The van der Waals surface area contributed by atoms with Gasteiger partial charge >= 0.3 is 5.97 Å². The summed E-state index contributed by atoms with van der Waals surface area (Å²) >= 11 is 0. The number of nitrogens with one attached hydrogen (secondary N) is 1. The molecule has 5 heteroatoms. The molecule has 0 aromatic heterocycles. The van der Waals surface area contributed by atoms with Gasteiger partial charge in [-0.2, -0.15) is 0 Å². The molecule has 0 saturated heterocycles. The average Bonchev–Trinajstić information content (AvgIpc) is 2.57. The van der Waals surface area contributed by atoms with Crippen molar-refractivity contribution in [1.29, 1.82) is 0 Å². The Morgan fingerprint density at radius 1 is 1.25 bits per heavy atom. The van der Waals surface area contributed by atoms with Gasteiger partial charge in [-0.15, -0.1) is 0 Å². The second-order valence-electron chi connectivity index (χ2n) is 5.39. The van der Waals surface area contributed by atoms with Gasteiger partial charge in [0.05, 0.1) is 6.10 Å². The Hall–Kier alpha value is -2.79. The first-order valence-electron chi connectivity index (χ1n) is 7.76. The molecule has 0 radical (unpaired) electrons. The highest BCUT2D eigenvalue weighted by Gasteiger charge is 2.11. The molecule has 2 aromatic carbocycles. The van der Waals surface area contributed by atoms with Crippen LogP contribution in [-0.2, 0) is 16.0 Å². The van der Waals surface area contributed by atoms with Crippen molar-refractivity contribution in [2.24, 2.45) is 0 Å². The third-order valence-electron chi connectivity index (χ3n) is 3.38. The first-order chi connectivity index (χ1) is 11.6. The van der Waals surface area contributed by atoms with Gasteiger partial charge in [-0.1, -0.05) is 24.3 Å². The number of benzene rings is 2. The minimum atomic E-state index is -0.812. The van der Waals surface area contributed by atoms with Crippen LogP contribution in [-0.4, -0.2) is 23.8 Å². The molecule has 2 rings (SSSR count). The van der Waals surface area contributed by atoms with Crippen LogP contribution < -0.4 is 11.1 Å². The molecule has 2 aromatic rings. The number of carbonyl (C=O) groups is 1. The zero-order valence-corrected chi connectivity index (χ0v) is 13.6. The number of anilines is 3. The average molecular weight is 326 g/mol. The van der Waals surface area contributed by atoms with Gasteiger partial charge in [0.2, 0.25) is 0 Å². The van der Waals surface area contributed by atoms with E-state index in [0.717, 1.165) is 16.9 Å². The molecule has 0 aliphatic rings. The van der Waals surface area contributed by atoms with Gasteiger partial charge in [0, 0.05) is 29.6 Å². The van der Waals surface area contributed by atoms with Crippen molar-refractivity contribution in [3.05, 3.63) is 66.2 Å². The maximum atomic E-state index is 11.3. The molecular weight excluding hydrogens is 304 g/mol. The van der Waals surface area contributed by atoms with Crippen LogP contribution in [0.3, 0.4) is 0 Å². The summed E-state index contributed by atoms with van der Waals surface area (Å²) in [4.78, 5) is 11.3. The van der Waals surface area contributed by atoms with E-state index >= 15 is 0 Å². The number of esters is 1. The number of para-hydroxylation sites is 1. The maximum absolute atomic E-state index is 11.3. The first kappa shape index (κ1) is 17.6. The number of ether oxygens (including phenoxy) is 1. The van der Waals surface area contributed by atoms with Gasteiger partial charge in [-0.05, 0) is 42.8 Å². The van der Waals surface area contributed by atoms with Crippen molar-refractivity contribution in [1.82, 2.24) is 0 Å². The maximum Gasteiger partial charge on any atom is 0.330 e. The first-order valence-corrected chi connectivity index (χ1v) is 7.76. The Kier molecular flexibility index (Phi) is 6.40. The number of hydrogen-bond acceptors (Lipinski definition) is 5. The topological polar surface area (TPSA) is 84.6 Å². The van der Waals surface area contributed by atoms with Crippen molar-refractivity contribution in [2.45, 2.75) is 19.4 Å². The van der Waals surface area contributed by atoms with E-state index < -0.39 is 12.1 Å². The molecule has 24 heavy (non-hydrogen) atoms. The van der Waals surface area contributed by atoms with Crippen LogP contribution in [0.5, 0.6) is 0 Å². The molecule has 0 aliphatic heterocycles. The molecule has 1 unspecified atom stereocenters. The molecule has 126 valence electrons. The molecule has 0 spiro atoms. The highest BCUT2D eigenvalue weighted by Crippen LogP contribution is 2.22. The summed E-state index contributed by atoms with van der Waals surface area (Å²) in [6.07, 6.45) is 2.39. The molecule has 0 fully saturated rings. The SMILES string of the molecule is CC=CC(=O)OCC(O)Cc1cc(Nc2ccccc2)ccc1N. The summed E-state index contributed by atoms with van der Waals surface area (Å²) < 4.78 is 4.95. The van der Waals surface area contributed by atoms with E-state index in [0.29, 0.717) is 12.1 Å². The van der Waals surface area contributed by atoms with Gasteiger partial charge in [0.15, 0.2) is 0 Å². The fourth-order valence-electron chi connectivity index (χ4n) is 2.22.